The largest absolute Gasteiger partial charge is 0.491 e. The predicted molar refractivity (Wildman–Crippen MR) is 146 cm³/mol. The van der Waals surface area contributed by atoms with Crippen molar-refractivity contribution in [3.8, 4) is 5.75 Å². The molecular weight excluding hydrogens is 558 g/mol. The maximum absolute atomic E-state index is 12.0. The average molecular weight is 600 g/mol. The minimum absolute atomic E-state index is 0.0926. The van der Waals surface area contributed by atoms with E-state index in [1.807, 2.05) is 38.1 Å². The number of carbonyl (C=O) groups excluding carboxylic acids is 2. The first-order valence-corrected chi connectivity index (χ1v) is 13.6. The van der Waals surface area contributed by atoms with Crippen molar-refractivity contribution in [2.24, 2.45) is 0 Å². The van der Waals surface area contributed by atoms with Crippen LogP contribution in [-0.2, 0) is 39.8 Å². The van der Waals surface area contributed by atoms with E-state index in [1.165, 1.54) is 0 Å². The Morgan fingerprint density at radius 3 is 2.33 bits per heavy atom. The van der Waals surface area contributed by atoms with Crippen LogP contribution >= 0.6 is 0 Å². The van der Waals surface area contributed by atoms with Crippen LogP contribution < -0.4 is 15.4 Å². The minimum atomic E-state index is -1.82. The molecule has 15 heteroatoms. The van der Waals surface area contributed by atoms with Crippen molar-refractivity contribution in [1.82, 2.24) is 15.5 Å². The summed E-state index contributed by atoms with van der Waals surface area (Å²) in [5, 5.41) is 30.8. The second kappa shape index (κ2) is 18.1. The van der Waals surface area contributed by atoms with Gasteiger partial charge in [0.1, 0.15) is 25.1 Å². The number of esters is 1. The van der Waals surface area contributed by atoms with E-state index < -0.39 is 24.3 Å². The fourth-order valence-electron chi connectivity index (χ4n) is 3.69. The number of hydrogen-bond donors (Lipinski definition) is 5. The monoisotopic (exact) mass is 599 g/mol. The van der Waals surface area contributed by atoms with Gasteiger partial charge in [0, 0.05) is 39.1 Å². The molecular formula is C27H41N3O12. The highest BCUT2D eigenvalue weighted by Gasteiger charge is 2.33. The van der Waals surface area contributed by atoms with Gasteiger partial charge in [-0.3, -0.25) is 4.79 Å². The van der Waals surface area contributed by atoms with Gasteiger partial charge in [-0.1, -0.05) is 12.1 Å². The number of amides is 2. The van der Waals surface area contributed by atoms with E-state index in [0.717, 1.165) is 5.56 Å². The van der Waals surface area contributed by atoms with Crippen LogP contribution in [0.1, 0.15) is 25.8 Å². The topological polar surface area (TPSA) is 202 Å². The first-order valence-electron chi connectivity index (χ1n) is 13.6. The molecule has 0 radical (unpaired) electrons. The summed E-state index contributed by atoms with van der Waals surface area (Å²) in [6.07, 6.45) is -0.390. The van der Waals surface area contributed by atoms with Crippen molar-refractivity contribution >= 4 is 23.9 Å². The molecule has 0 aromatic heterocycles. The normalized spacial score (nSPS) is 18.3. The quantitative estimate of drug-likeness (QED) is 0.114. The third kappa shape index (κ3) is 14.4. The van der Waals surface area contributed by atoms with Crippen LogP contribution in [-0.4, -0.2) is 128 Å². The van der Waals surface area contributed by atoms with E-state index >= 15 is 0 Å². The maximum atomic E-state index is 12.0. The first kappa shape index (κ1) is 34.7. The standard InChI is InChI=1S/C25H39N3O8.C2H2O4/c1-25(2)18-35-23(36-25)17-34-22(30)8-5-19-3-6-21(7-4-19)33-16-20(29)15-26-9-10-27-24(31)28-11-13-32-14-12-28;3-1(4)2(5)6/h3-4,6-7,20,23,26,29H,5,8-18H2,1-2H3,(H,27,31);(H,3,4)(H,5,6)/t20-,23-;/m0./s1. The highest BCUT2D eigenvalue weighted by atomic mass is 16.7. The summed E-state index contributed by atoms with van der Waals surface area (Å²) in [7, 11) is 0. The molecule has 5 N–H and O–H groups in total. The fraction of sp³-hybridized carbons (Fsp3) is 0.630. The molecule has 0 unspecified atom stereocenters. The number of carboxylic acid groups (broad SMARTS) is 2. The molecule has 42 heavy (non-hydrogen) atoms. The van der Waals surface area contributed by atoms with Crippen LogP contribution in [0.4, 0.5) is 4.79 Å². The Balaban J connectivity index is 0.000000928. The number of ether oxygens (including phenoxy) is 5. The smallest absolute Gasteiger partial charge is 0.414 e. The Labute approximate surface area is 244 Å². The number of morpholine rings is 1. The lowest BCUT2D eigenvalue weighted by Crippen LogP contribution is -2.47. The Morgan fingerprint density at radius 1 is 1.07 bits per heavy atom. The third-order valence-electron chi connectivity index (χ3n) is 5.87. The zero-order chi connectivity index (χ0) is 31.0. The van der Waals surface area contributed by atoms with Gasteiger partial charge in [-0.05, 0) is 38.0 Å². The minimum Gasteiger partial charge on any atom is -0.491 e. The SMILES string of the molecule is CC1(C)CO[C@H](COC(=O)CCc2ccc(OC[C@@H](O)CNCCNC(=O)N3CCOCC3)cc2)O1.O=C(O)C(=O)O. The lowest BCUT2D eigenvalue weighted by Gasteiger charge is -2.27. The maximum Gasteiger partial charge on any atom is 0.414 e. The van der Waals surface area contributed by atoms with Gasteiger partial charge in [-0.25, -0.2) is 14.4 Å². The Morgan fingerprint density at radius 2 is 1.74 bits per heavy atom. The van der Waals surface area contributed by atoms with E-state index in [0.29, 0.717) is 64.7 Å². The molecule has 0 saturated carbocycles. The van der Waals surface area contributed by atoms with Crippen LogP contribution in [0.3, 0.4) is 0 Å². The summed E-state index contributed by atoms with van der Waals surface area (Å²) >= 11 is 0. The molecule has 0 bridgehead atoms. The summed E-state index contributed by atoms with van der Waals surface area (Å²) in [6.45, 7) is 8.28. The predicted octanol–water partition coefficient (Wildman–Crippen LogP) is -0.159. The molecule has 1 aromatic rings. The number of nitrogens with zero attached hydrogens (tertiary/aromatic N) is 1. The van der Waals surface area contributed by atoms with Crippen LogP contribution in [0.15, 0.2) is 24.3 Å². The van der Waals surface area contributed by atoms with Gasteiger partial charge in [-0.15, -0.1) is 0 Å². The number of urea groups is 1. The van der Waals surface area contributed by atoms with Gasteiger partial charge < -0.3 is 54.5 Å². The fourth-order valence-corrected chi connectivity index (χ4v) is 3.69. The molecule has 1 aromatic carbocycles. The molecule has 2 saturated heterocycles. The average Bonchev–Trinajstić information content (AvgIpc) is 3.33. The van der Waals surface area contributed by atoms with Crippen molar-refractivity contribution in [2.45, 2.75) is 44.7 Å². The Hall–Kier alpha value is -3.50. The second-order valence-corrected chi connectivity index (χ2v) is 10.1. The number of carbonyl (C=O) groups is 4. The lowest BCUT2D eigenvalue weighted by molar-refractivity contribution is -0.160. The highest BCUT2D eigenvalue weighted by Crippen LogP contribution is 2.22. The van der Waals surface area contributed by atoms with E-state index in [4.69, 9.17) is 43.5 Å². The molecule has 2 aliphatic rings. The highest BCUT2D eigenvalue weighted by molar-refractivity contribution is 6.27. The molecule has 2 aliphatic heterocycles. The molecule has 3 rings (SSSR count). The van der Waals surface area contributed by atoms with Crippen LogP contribution in [0.25, 0.3) is 0 Å². The molecule has 15 nitrogen and oxygen atoms in total. The van der Waals surface area contributed by atoms with Crippen LogP contribution in [0.5, 0.6) is 5.75 Å². The number of aliphatic carboxylic acids is 2. The number of aryl methyl sites for hydroxylation is 1. The number of aliphatic hydroxyl groups is 1. The summed E-state index contributed by atoms with van der Waals surface area (Å²) in [4.78, 5) is 43.9. The molecule has 236 valence electrons. The van der Waals surface area contributed by atoms with Crippen molar-refractivity contribution in [3.05, 3.63) is 29.8 Å². The molecule has 2 atom stereocenters. The number of nitrogens with one attached hydrogen (secondary N) is 2. The van der Waals surface area contributed by atoms with Gasteiger partial charge in [0.25, 0.3) is 0 Å². The van der Waals surface area contributed by atoms with Gasteiger partial charge >= 0.3 is 23.9 Å². The van der Waals surface area contributed by atoms with Crippen molar-refractivity contribution in [1.29, 1.82) is 0 Å². The molecule has 0 spiro atoms. The van der Waals surface area contributed by atoms with Crippen molar-refractivity contribution in [2.75, 3.05) is 65.8 Å². The summed E-state index contributed by atoms with van der Waals surface area (Å²) < 4.78 is 27.2. The zero-order valence-corrected chi connectivity index (χ0v) is 23.9. The molecule has 2 amide bonds. The van der Waals surface area contributed by atoms with Crippen molar-refractivity contribution in [3.63, 3.8) is 0 Å². The third-order valence-corrected chi connectivity index (χ3v) is 5.87. The molecule has 0 aliphatic carbocycles. The van der Waals surface area contributed by atoms with E-state index in [9.17, 15) is 14.7 Å². The van der Waals surface area contributed by atoms with Crippen LogP contribution in [0, 0.1) is 0 Å². The number of benzene rings is 1. The van der Waals surface area contributed by atoms with Crippen LogP contribution in [0.2, 0.25) is 0 Å². The van der Waals surface area contributed by atoms with Gasteiger partial charge in [0.2, 0.25) is 0 Å². The summed E-state index contributed by atoms with van der Waals surface area (Å²) in [5.74, 6) is -3.31. The Bertz CT molecular complexity index is 987. The summed E-state index contributed by atoms with van der Waals surface area (Å²) in [6, 6.07) is 7.29. The van der Waals surface area contributed by atoms with Gasteiger partial charge in [0.05, 0.1) is 25.4 Å². The van der Waals surface area contributed by atoms with E-state index in [1.54, 1.807) is 4.90 Å². The number of carboxylic acids is 2. The molecule has 2 heterocycles. The van der Waals surface area contributed by atoms with Gasteiger partial charge in [0.15, 0.2) is 6.29 Å². The van der Waals surface area contributed by atoms with E-state index in [2.05, 4.69) is 10.6 Å². The molecule has 2 fully saturated rings. The lowest BCUT2D eigenvalue weighted by atomic mass is 10.1. The first-order chi connectivity index (χ1) is 19.9. The number of hydrogen-bond acceptors (Lipinski definition) is 11. The van der Waals surface area contributed by atoms with Crippen molar-refractivity contribution < 1.29 is 58.2 Å². The number of aliphatic hydroxyl groups excluding tert-OH is 1. The van der Waals surface area contributed by atoms with E-state index in [-0.39, 0.29) is 37.2 Å². The summed E-state index contributed by atoms with van der Waals surface area (Å²) in [5.41, 5.74) is 0.630. The van der Waals surface area contributed by atoms with Gasteiger partial charge in [-0.2, -0.15) is 0 Å². The second-order valence-electron chi connectivity index (χ2n) is 10.1. The number of rotatable bonds is 13. The zero-order valence-electron chi connectivity index (χ0n) is 23.9. The Kier molecular flexibility index (Phi) is 15.0.